The minimum absolute atomic E-state index is 0.0223. The molecule has 0 unspecified atom stereocenters. The third kappa shape index (κ3) is 2.19. The average molecular weight is 295 g/mol. The summed E-state index contributed by atoms with van der Waals surface area (Å²) in [5, 5.41) is 22.6. The number of nitrogens with zero attached hydrogens (tertiary/aromatic N) is 2. The van der Waals surface area contributed by atoms with Gasteiger partial charge in [-0.25, -0.2) is 0 Å². The molecule has 17 heavy (non-hydrogen) atoms. The van der Waals surface area contributed by atoms with Crippen molar-refractivity contribution in [2.45, 2.75) is 0 Å². The highest BCUT2D eigenvalue weighted by Crippen LogP contribution is 2.40. The first-order valence-electron chi connectivity index (χ1n) is 4.44. The molecule has 0 saturated heterocycles. The minimum Gasteiger partial charge on any atom is -0.511 e. The molecule has 1 heterocycles. The van der Waals surface area contributed by atoms with Crippen molar-refractivity contribution in [2.24, 2.45) is 7.05 Å². The monoisotopic (exact) mass is 294 g/mol. The highest BCUT2D eigenvalue weighted by Gasteiger charge is 2.21. The maximum absolute atomic E-state index is 8.75. The molecular formula is C8H6BCl3N2O3. The van der Waals surface area contributed by atoms with Crippen molar-refractivity contribution in [1.29, 1.82) is 0 Å². The van der Waals surface area contributed by atoms with Crippen LogP contribution in [0.2, 0.25) is 15.2 Å². The maximum Gasteiger partial charge on any atom is 0.707 e. The summed E-state index contributed by atoms with van der Waals surface area (Å²) in [5.74, 6) is 0.0223. The quantitative estimate of drug-likeness (QED) is 0.830. The molecule has 1 aromatic carbocycles. The molecule has 0 bridgehead atoms. The molecule has 0 amide bonds. The zero-order valence-electron chi connectivity index (χ0n) is 8.49. The fourth-order valence-electron chi connectivity index (χ4n) is 1.43. The van der Waals surface area contributed by atoms with Crippen LogP contribution in [-0.2, 0) is 7.05 Å². The number of fused-ring (bicyclic) bond motifs is 1. The van der Waals surface area contributed by atoms with Gasteiger partial charge in [0.05, 0.1) is 15.4 Å². The second-order valence-corrected chi connectivity index (χ2v) is 4.40. The van der Waals surface area contributed by atoms with Gasteiger partial charge in [0.15, 0.2) is 0 Å². The number of benzene rings is 1. The van der Waals surface area contributed by atoms with Crippen molar-refractivity contribution in [2.75, 3.05) is 0 Å². The van der Waals surface area contributed by atoms with E-state index in [0.29, 0.717) is 10.9 Å². The predicted octanol–water partition coefficient (Wildman–Crippen LogP) is 1.88. The fourth-order valence-corrected chi connectivity index (χ4v) is 2.21. The van der Waals surface area contributed by atoms with Gasteiger partial charge in [0.25, 0.3) is 0 Å². The first-order valence-corrected chi connectivity index (χ1v) is 5.58. The number of hydrogen-bond donors (Lipinski definition) is 2. The van der Waals surface area contributed by atoms with Crippen LogP contribution in [0.5, 0.6) is 5.75 Å². The average Bonchev–Trinajstić information content (AvgIpc) is 2.52. The summed E-state index contributed by atoms with van der Waals surface area (Å²) in [6.45, 7) is 0. The van der Waals surface area contributed by atoms with E-state index >= 15 is 0 Å². The lowest BCUT2D eigenvalue weighted by atomic mass is 10.2. The van der Waals surface area contributed by atoms with Gasteiger partial charge in [-0.1, -0.05) is 34.8 Å². The Morgan fingerprint density at radius 2 is 2.00 bits per heavy atom. The largest absolute Gasteiger partial charge is 0.707 e. The highest BCUT2D eigenvalue weighted by molar-refractivity contribution is 6.46. The lowest BCUT2D eigenvalue weighted by Gasteiger charge is -2.08. The SMILES string of the molecule is Cn1nc2c(Cl)cc(OB(O)O)c(Cl)c2c1Cl. The third-order valence-corrected chi connectivity index (χ3v) is 3.23. The number of aromatic nitrogens is 2. The van der Waals surface area contributed by atoms with Gasteiger partial charge in [-0.05, 0) is 0 Å². The van der Waals surface area contributed by atoms with E-state index in [1.807, 2.05) is 0 Å². The van der Waals surface area contributed by atoms with Crippen molar-refractivity contribution >= 4 is 53.0 Å². The Kier molecular flexibility index (Phi) is 3.42. The topological polar surface area (TPSA) is 67.5 Å². The Hall–Kier alpha value is -0.655. The molecule has 0 saturated carbocycles. The molecule has 0 fully saturated rings. The number of halogens is 3. The second-order valence-electron chi connectivity index (χ2n) is 3.25. The molecule has 2 aromatic rings. The van der Waals surface area contributed by atoms with Crippen molar-refractivity contribution in [1.82, 2.24) is 9.78 Å². The van der Waals surface area contributed by atoms with Crippen LogP contribution in [0.25, 0.3) is 10.9 Å². The molecule has 1 aromatic heterocycles. The third-order valence-electron chi connectivity index (χ3n) is 2.13. The summed E-state index contributed by atoms with van der Waals surface area (Å²) in [7, 11) is -0.354. The van der Waals surface area contributed by atoms with Crippen LogP contribution >= 0.6 is 34.8 Å². The van der Waals surface area contributed by atoms with Gasteiger partial charge in [-0.2, -0.15) is 5.10 Å². The van der Waals surface area contributed by atoms with E-state index in [9.17, 15) is 0 Å². The van der Waals surface area contributed by atoms with E-state index in [0.717, 1.165) is 0 Å². The van der Waals surface area contributed by atoms with Crippen LogP contribution in [0.1, 0.15) is 0 Å². The molecule has 90 valence electrons. The summed E-state index contributed by atoms with van der Waals surface area (Å²) < 4.78 is 6.10. The smallest absolute Gasteiger partial charge is 0.511 e. The van der Waals surface area contributed by atoms with Crippen molar-refractivity contribution in [3.63, 3.8) is 0 Å². The molecule has 9 heteroatoms. The fraction of sp³-hybridized carbons (Fsp3) is 0.125. The lowest BCUT2D eigenvalue weighted by molar-refractivity contribution is 0.288. The lowest BCUT2D eigenvalue weighted by Crippen LogP contribution is -2.20. The number of rotatable bonds is 2. The van der Waals surface area contributed by atoms with E-state index in [1.165, 1.54) is 10.7 Å². The van der Waals surface area contributed by atoms with E-state index in [-0.39, 0.29) is 20.9 Å². The maximum atomic E-state index is 8.75. The zero-order valence-corrected chi connectivity index (χ0v) is 10.8. The van der Waals surface area contributed by atoms with Crippen LogP contribution in [0, 0.1) is 0 Å². The summed E-state index contributed by atoms with van der Waals surface area (Å²) in [6.07, 6.45) is 0. The van der Waals surface area contributed by atoms with Crippen LogP contribution in [0.3, 0.4) is 0 Å². The molecule has 2 rings (SSSR count). The van der Waals surface area contributed by atoms with Crippen LogP contribution in [-0.4, -0.2) is 27.1 Å². The van der Waals surface area contributed by atoms with Crippen molar-refractivity contribution in [3.05, 3.63) is 21.3 Å². The van der Waals surface area contributed by atoms with Gasteiger partial charge in [0.2, 0.25) is 0 Å². The molecular weight excluding hydrogens is 289 g/mol. The van der Waals surface area contributed by atoms with Gasteiger partial charge >= 0.3 is 7.32 Å². The Morgan fingerprint density at radius 1 is 1.35 bits per heavy atom. The van der Waals surface area contributed by atoms with Gasteiger partial charge in [-0.3, -0.25) is 4.68 Å². The second kappa shape index (κ2) is 4.55. The number of hydrogen-bond acceptors (Lipinski definition) is 4. The number of aryl methyl sites for hydroxylation is 1. The van der Waals surface area contributed by atoms with E-state index < -0.39 is 7.32 Å². The van der Waals surface area contributed by atoms with Crippen LogP contribution in [0.4, 0.5) is 0 Å². The zero-order chi connectivity index (χ0) is 12.7. The summed E-state index contributed by atoms with van der Waals surface area (Å²) in [4.78, 5) is 0. The Labute approximate surface area is 112 Å². The summed E-state index contributed by atoms with van der Waals surface area (Å²) in [6, 6.07) is 1.34. The van der Waals surface area contributed by atoms with E-state index in [4.69, 9.17) is 49.5 Å². The van der Waals surface area contributed by atoms with Gasteiger partial charge in [0.1, 0.15) is 16.4 Å². The predicted molar refractivity (Wildman–Crippen MR) is 66.6 cm³/mol. The Bertz CT molecular complexity index is 587. The molecule has 0 aliphatic rings. The van der Waals surface area contributed by atoms with Gasteiger partial charge in [-0.15, -0.1) is 0 Å². The first-order chi connectivity index (χ1) is 7.91. The molecule has 0 radical (unpaired) electrons. The highest BCUT2D eigenvalue weighted by atomic mass is 35.5. The molecule has 0 atom stereocenters. The molecule has 2 N–H and O–H groups in total. The normalized spacial score (nSPS) is 10.9. The van der Waals surface area contributed by atoms with E-state index in [1.54, 1.807) is 7.05 Å². The van der Waals surface area contributed by atoms with Gasteiger partial charge in [0, 0.05) is 13.1 Å². The molecule has 5 nitrogen and oxygen atoms in total. The van der Waals surface area contributed by atoms with Gasteiger partial charge < -0.3 is 14.7 Å². The van der Waals surface area contributed by atoms with Crippen molar-refractivity contribution in [3.8, 4) is 5.75 Å². The summed E-state index contributed by atoms with van der Waals surface area (Å²) in [5.41, 5.74) is 0.420. The minimum atomic E-state index is -1.99. The Balaban J connectivity index is 2.74. The molecule has 0 spiro atoms. The van der Waals surface area contributed by atoms with Crippen LogP contribution in [0.15, 0.2) is 6.07 Å². The standard InChI is InChI=1S/C8H6BCl3N2O3/c1-14-8(12)5-6(11)4(17-9(15)16)2-3(10)7(5)13-14/h2,15-16H,1H3. The molecule has 0 aliphatic heterocycles. The summed E-state index contributed by atoms with van der Waals surface area (Å²) >= 11 is 18.0. The Morgan fingerprint density at radius 3 is 2.59 bits per heavy atom. The van der Waals surface area contributed by atoms with Crippen LogP contribution < -0.4 is 4.65 Å². The first kappa shape index (κ1) is 12.8. The molecule has 0 aliphatic carbocycles. The van der Waals surface area contributed by atoms with E-state index in [2.05, 4.69) is 5.10 Å². The van der Waals surface area contributed by atoms with Crippen molar-refractivity contribution < 1.29 is 14.7 Å².